The number of nitrogens with one attached hydrogen (secondary N) is 1. The van der Waals surface area contributed by atoms with Crippen LogP contribution >= 0.6 is 22.9 Å². The Kier molecular flexibility index (Phi) is 5.44. The van der Waals surface area contributed by atoms with Gasteiger partial charge in [0.15, 0.2) is 0 Å². The molecule has 6 heteroatoms. The second kappa shape index (κ2) is 6.61. The summed E-state index contributed by atoms with van der Waals surface area (Å²) in [4.78, 5) is 23.2. The molecule has 1 aromatic heterocycles. The predicted octanol–water partition coefficient (Wildman–Crippen LogP) is 2.74. The maximum absolute atomic E-state index is 11.6. The molecule has 0 saturated carbocycles. The molecule has 1 rings (SSSR count). The number of hydrogen-bond acceptors (Lipinski definition) is 4. The monoisotopic (exact) mass is 275 g/mol. The van der Waals surface area contributed by atoms with Gasteiger partial charge in [-0.05, 0) is 18.4 Å². The summed E-state index contributed by atoms with van der Waals surface area (Å²) >= 11 is 6.87. The highest BCUT2D eigenvalue weighted by molar-refractivity contribution is 7.14. The molecule has 1 aromatic rings. The first-order chi connectivity index (χ1) is 8.10. The first-order valence-corrected chi connectivity index (χ1v) is 6.63. The number of esters is 1. The van der Waals surface area contributed by atoms with Crippen LogP contribution < -0.4 is 5.32 Å². The Morgan fingerprint density at radius 1 is 1.59 bits per heavy atom. The van der Waals surface area contributed by atoms with Crippen molar-refractivity contribution in [2.24, 2.45) is 5.92 Å². The third-order valence-corrected chi connectivity index (χ3v) is 3.37. The van der Waals surface area contributed by atoms with Gasteiger partial charge in [-0.15, -0.1) is 22.9 Å². The number of amides is 1. The number of halogens is 1. The molecule has 1 atom stereocenters. The molecule has 17 heavy (non-hydrogen) atoms. The van der Waals surface area contributed by atoms with Gasteiger partial charge in [-0.25, -0.2) is 4.79 Å². The molecular weight excluding hydrogens is 262 g/mol. The second-order valence-corrected chi connectivity index (χ2v) is 4.65. The molecule has 0 radical (unpaired) electrons. The molecule has 1 unspecified atom stereocenters. The van der Waals surface area contributed by atoms with E-state index in [0.29, 0.717) is 17.2 Å². The number of hydrogen-bond donors (Lipinski definition) is 1. The van der Waals surface area contributed by atoms with Gasteiger partial charge in [0.2, 0.25) is 5.91 Å². The maximum atomic E-state index is 11.6. The SMILES string of the molecule is CCOC(=O)c1ccsc1NC(=O)C(C)CCl. The zero-order valence-electron chi connectivity index (χ0n) is 9.66. The van der Waals surface area contributed by atoms with Crippen LogP contribution in [0.1, 0.15) is 24.2 Å². The fourth-order valence-corrected chi connectivity index (χ4v) is 2.00. The molecule has 0 fully saturated rings. The van der Waals surface area contributed by atoms with Crippen LogP contribution in [0.2, 0.25) is 0 Å². The van der Waals surface area contributed by atoms with Crippen LogP contribution in [0, 0.1) is 5.92 Å². The highest BCUT2D eigenvalue weighted by Crippen LogP contribution is 2.24. The Morgan fingerprint density at radius 3 is 2.88 bits per heavy atom. The Morgan fingerprint density at radius 2 is 2.29 bits per heavy atom. The second-order valence-electron chi connectivity index (χ2n) is 3.43. The summed E-state index contributed by atoms with van der Waals surface area (Å²) in [7, 11) is 0. The van der Waals surface area contributed by atoms with Gasteiger partial charge in [0.25, 0.3) is 0 Å². The molecule has 0 saturated heterocycles. The van der Waals surface area contributed by atoms with E-state index in [1.54, 1.807) is 25.3 Å². The molecule has 0 aliphatic carbocycles. The zero-order chi connectivity index (χ0) is 12.8. The van der Waals surface area contributed by atoms with Crippen LogP contribution in [0.25, 0.3) is 0 Å². The fraction of sp³-hybridized carbons (Fsp3) is 0.455. The molecule has 94 valence electrons. The molecule has 0 bridgehead atoms. The normalized spacial score (nSPS) is 11.9. The van der Waals surface area contributed by atoms with Crippen molar-refractivity contribution in [3.63, 3.8) is 0 Å². The maximum Gasteiger partial charge on any atom is 0.341 e. The lowest BCUT2D eigenvalue weighted by Crippen LogP contribution is -2.22. The summed E-state index contributed by atoms with van der Waals surface area (Å²) in [5.74, 6) is -0.684. The van der Waals surface area contributed by atoms with E-state index >= 15 is 0 Å². The van der Waals surface area contributed by atoms with Crippen molar-refractivity contribution >= 4 is 39.8 Å². The quantitative estimate of drug-likeness (QED) is 0.664. The van der Waals surface area contributed by atoms with E-state index in [9.17, 15) is 9.59 Å². The van der Waals surface area contributed by atoms with Gasteiger partial charge in [0.1, 0.15) is 5.00 Å². The lowest BCUT2D eigenvalue weighted by molar-refractivity contribution is -0.118. The van der Waals surface area contributed by atoms with Crippen LogP contribution in [0.4, 0.5) is 5.00 Å². The third-order valence-electron chi connectivity index (χ3n) is 2.08. The zero-order valence-corrected chi connectivity index (χ0v) is 11.2. The highest BCUT2D eigenvalue weighted by atomic mass is 35.5. The van der Waals surface area contributed by atoms with Crippen molar-refractivity contribution in [1.29, 1.82) is 0 Å². The topological polar surface area (TPSA) is 55.4 Å². The summed E-state index contributed by atoms with van der Waals surface area (Å²) in [6, 6.07) is 1.63. The molecule has 1 N–H and O–H groups in total. The number of rotatable bonds is 5. The molecule has 0 aliphatic heterocycles. The average Bonchev–Trinajstić information content (AvgIpc) is 2.76. The standard InChI is InChI=1S/C11H14ClNO3S/c1-3-16-11(15)8-4-5-17-10(8)13-9(14)7(2)6-12/h4-5,7H,3,6H2,1-2H3,(H,13,14). The molecule has 0 aliphatic rings. The van der Waals surface area contributed by atoms with Crippen molar-refractivity contribution in [3.8, 4) is 0 Å². The van der Waals surface area contributed by atoms with E-state index in [4.69, 9.17) is 16.3 Å². The van der Waals surface area contributed by atoms with Crippen molar-refractivity contribution < 1.29 is 14.3 Å². The first kappa shape index (κ1) is 14.0. The van der Waals surface area contributed by atoms with Crippen LogP contribution in [0.15, 0.2) is 11.4 Å². The van der Waals surface area contributed by atoms with Gasteiger partial charge < -0.3 is 10.1 Å². The number of ether oxygens (including phenoxy) is 1. The molecule has 1 heterocycles. The van der Waals surface area contributed by atoms with Gasteiger partial charge in [-0.3, -0.25) is 4.79 Å². The van der Waals surface area contributed by atoms with Gasteiger partial charge in [-0.2, -0.15) is 0 Å². The van der Waals surface area contributed by atoms with Crippen molar-refractivity contribution in [1.82, 2.24) is 0 Å². The van der Waals surface area contributed by atoms with Crippen molar-refractivity contribution in [3.05, 3.63) is 17.0 Å². The summed E-state index contributed by atoms with van der Waals surface area (Å²) in [5, 5.41) is 4.91. The molecule has 4 nitrogen and oxygen atoms in total. The van der Waals surface area contributed by atoms with Gasteiger partial charge in [0, 0.05) is 11.8 Å². The van der Waals surface area contributed by atoms with Crippen LogP contribution in [0.5, 0.6) is 0 Å². The minimum atomic E-state index is -0.428. The van der Waals surface area contributed by atoms with E-state index in [-0.39, 0.29) is 17.7 Å². The molecule has 1 amide bonds. The number of carbonyl (C=O) groups excluding carboxylic acids is 2. The molecular formula is C11H14ClNO3S. The Hall–Kier alpha value is -1.07. The van der Waals surface area contributed by atoms with Crippen LogP contribution in [-0.4, -0.2) is 24.4 Å². The summed E-state index contributed by atoms with van der Waals surface area (Å²) in [6.07, 6.45) is 0. The summed E-state index contributed by atoms with van der Waals surface area (Å²) in [5.41, 5.74) is 0.381. The van der Waals surface area contributed by atoms with Crippen molar-refractivity contribution in [2.75, 3.05) is 17.8 Å². The highest BCUT2D eigenvalue weighted by Gasteiger charge is 2.18. The van der Waals surface area contributed by atoms with E-state index in [1.807, 2.05) is 0 Å². The van der Waals surface area contributed by atoms with E-state index in [2.05, 4.69) is 5.32 Å². The summed E-state index contributed by atoms with van der Waals surface area (Å²) in [6.45, 7) is 3.76. The van der Waals surface area contributed by atoms with Crippen molar-refractivity contribution in [2.45, 2.75) is 13.8 Å². The van der Waals surface area contributed by atoms with Gasteiger partial charge >= 0.3 is 5.97 Å². The van der Waals surface area contributed by atoms with E-state index in [0.717, 1.165) is 0 Å². The number of anilines is 1. The first-order valence-electron chi connectivity index (χ1n) is 5.21. The average molecular weight is 276 g/mol. The Bertz CT molecular complexity index is 405. The molecule has 0 spiro atoms. The predicted molar refractivity (Wildman–Crippen MR) is 68.8 cm³/mol. The van der Waals surface area contributed by atoms with E-state index in [1.165, 1.54) is 11.3 Å². The van der Waals surface area contributed by atoms with Gasteiger partial charge in [-0.1, -0.05) is 6.92 Å². The molecule has 0 aromatic carbocycles. The number of alkyl halides is 1. The fourth-order valence-electron chi connectivity index (χ4n) is 1.08. The Labute approximate surface area is 109 Å². The summed E-state index contributed by atoms with van der Waals surface area (Å²) < 4.78 is 4.89. The largest absolute Gasteiger partial charge is 0.462 e. The smallest absolute Gasteiger partial charge is 0.341 e. The lowest BCUT2D eigenvalue weighted by Gasteiger charge is -2.09. The van der Waals surface area contributed by atoms with Crippen LogP contribution in [-0.2, 0) is 9.53 Å². The minimum Gasteiger partial charge on any atom is -0.462 e. The van der Waals surface area contributed by atoms with E-state index < -0.39 is 5.97 Å². The van der Waals surface area contributed by atoms with Crippen LogP contribution in [0.3, 0.4) is 0 Å². The third kappa shape index (κ3) is 3.71. The Balaban J connectivity index is 2.75. The lowest BCUT2D eigenvalue weighted by atomic mass is 10.2. The van der Waals surface area contributed by atoms with Gasteiger partial charge in [0.05, 0.1) is 12.2 Å². The minimum absolute atomic E-state index is 0.201. The number of thiophene rings is 1. The number of carbonyl (C=O) groups is 2.